The number of carbonyl (C=O) groups excluding carboxylic acids is 2. The number of carbonyl (C=O) groups is 3. The smallest absolute Gasteiger partial charge is 0.322 e. The van der Waals surface area contributed by atoms with Crippen LogP contribution in [0.5, 0.6) is 0 Å². The lowest BCUT2D eigenvalue weighted by Crippen LogP contribution is -2.39. The highest BCUT2D eigenvalue weighted by atomic mass is 35.5. The van der Waals surface area contributed by atoms with E-state index in [1.54, 1.807) is 6.07 Å². The van der Waals surface area contributed by atoms with Crippen molar-refractivity contribution in [2.75, 3.05) is 13.1 Å². The van der Waals surface area contributed by atoms with Crippen LogP contribution in [0.4, 0.5) is 0 Å². The summed E-state index contributed by atoms with van der Waals surface area (Å²) >= 11 is 5.78. The molecule has 1 aromatic heterocycles. The van der Waals surface area contributed by atoms with E-state index in [1.165, 1.54) is 6.07 Å². The molecule has 0 atom stereocenters. The first-order valence-electron chi connectivity index (χ1n) is 5.85. The van der Waals surface area contributed by atoms with E-state index in [-0.39, 0.29) is 11.7 Å². The molecule has 108 valence electrons. The van der Waals surface area contributed by atoms with E-state index < -0.39 is 24.3 Å². The SMILES string of the molecule is CCc1cc(C(=O)NCC(=O)NCC(=O)O)cc(Cl)n1. The van der Waals surface area contributed by atoms with Crippen molar-refractivity contribution in [1.82, 2.24) is 15.6 Å². The number of hydrogen-bond donors (Lipinski definition) is 3. The Morgan fingerprint density at radius 1 is 1.25 bits per heavy atom. The molecule has 3 N–H and O–H groups in total. The van der Waals surface area contributed by atoms with Crippen molar-refractivity contribution in [3.05, 3.63) is 28.5 Å². The molecule has 0 aliphatic rings. The number of aliphatic carboxylic acids is 1. The Morgan fingerprint density at radius 2 is 1.95 bits per heavy atom. The lowest BCUT2D eigenvalue weighted by molar-refractivity contribution is -0.137. The number of nitrogens with one attached hydrogen (secondary N) is 2. The highest BCUT2D eigenvalue weighted by Crippen LogP contribution is 2.11. The number of carboxylic acid groups (broad SMARTS) is 1. The van der Waals surface area contributed by atoms with Gasteiger partial charge in [0, 0.05) is 11.3 Å². The number of amides is 2. The Kier molecular flexibility index (Phi) is 5.92. The summed E-state index contributed by atoms with van der Waals surface area (Å²) in [6.45, 7) is 1.07. The Morgan fingerprint density at radius 3 is 2.55 bits per heavy atom. The van der Waals surface area contributed by atoms with E-state index in [0.29, 0.717) is 17.7 Å². The van der Waals surface area contributed by atoms with Gasteiger partial charge in [-0.2, -0.15) is 0 Å². The van der Waals surface area contributed by atoms with Gasteiger partial charge in [0.05, 0.1) is 6.54 Å². The molecule has 0 unspecified atom stereocenters. The van der Waals surface area contributed by atoms with Crippen molar-refractivity contribution in [3.8, 4) is 0 Å². The zero-order valence-corrected chi connectivity index (χ0v) is 11.5. The van der Waals surface area contributed by atoms with E-state index in [0.717, 1.165) is 0 Å². The number of rotatable bonds is 6. The highest BCUT2D eigenvalue weighted by Gasteiger charge is 2.11. The fourth-order valence-corrected chi connectivity index (χ4v) is 1.59. The summed E-state index contributed by atoms with van der Waals surface area (Å²) in [5, 5.41) is 13.1. The molecule has 0 fully saturated rings. The number of carboxylic acids is 1. The maximum absolute atomic E-state index is 11.8. The molecule has 0 aliphatic carbocycles. The van der Waals surface area contributed by atoms with Crippen molar-refractivity contribution in [1.29, 1.82) is 0 Å². The molecule has 0 saturated heterocycles. The van der Waals surface area contributed by atoms with Gasteiger partial charge in [0.15, 0.2) is 0 Å². The van der Waals surface area contributed by atoms with Crippen LogP contribution in [0.25, 0.3) is 0 Å². The molecule has 2 amide bonds. The van der Waals surface area contributed by atoms with Crippen LogP contribution >= 0.6 is 11.6 Å². The van der Waals surface area contributed by atoms with Crippen LogP contribution in [-0.2, 0) is 16.0 Å². The predicted molar refractivity (Wildman–Crippen MR) is 71.6 cm³/mol. The summed E-state index contributed by atoms with van der Waals surface area (Å²) < 4.78 is 0. The van der Waals surface area contributed by atoms with Crippen LogP contribution in [0.15, 0.2) is 12.1 Å². The van der Waals surface area contributed by atoms with Crippen LogP contribution in [0.1, 0.15) is 23.0 Å². The van der Waals surface area contributed by atoms with E-state index >= 15 is 0 Å². The molecule has 1 heterocycles. The lowest BCUT2D eigenvalue weighted by Gasteiger charge is -2.07. The molecule has 0 aliphatic heterocycles. The van der Waals surface area contributed by atoms with E-state index in [4.69, 9.17) is 16.7 Å². The van der Waals surface area contributed by atoms with Crippen molar-refractivity contribution in [2.24, 2.45) is 0 Å². The first-order chi connectivity index (χ1) is 9.42. The molecule has 1 rings (SSSR count). The summed E-state index contributed by atoms with van der Waals surface area (Å²) in [5.41, 5.74) is 0.964. The summed E-state index contributed by atoms with van der Waals surface area (Å²) in [5.74, 6) is -2.22. The monoisotopic (exact) mass is 299 g/mol. The Labute approximate surface area is 120 Å². The molecule has 8 heteroatoms. The van der Waals surface area contributed by atoms with Gasteiger partial charge < -0.3 is 15.7 Å². The van der Waals surface area contributed by atoms with Crippen molar-refractivity contribution in [2.45, 2.75) is 13.3 Å². The fourth-order valence-electron chi connectivity index (χ4n) is 1.36. The third kappa shape index (κ3) is 5.23. The number of aryl methyl sites for hydroxylation is 1. The van der Waals surface area contributed by atoms with Gasteiger partial charge in [-0.15, -0.1) is 0 Å². The van der Waals surface area contributed by atoms with Gasteiger partial charge in [0.25, 0.3) is 5.91 Å². The lowest BCUT2D eigenvalue weighted by atomic mass is 10.2. The van der Waals surface area contributed by atoms with Crippen LogP contribution in [0.3, 0.4) is 0 Å². The molecule has 20 heavy (non-hydrogen) atoms. The fraction of sp³-hybridized carbons (Fsp3) is 0.333. The normalized spacial score (nSPS) is 9.90. The van der Waals surface area contributed by atoms with Gasteiger partial charge in [0.2, 0.25) is 5.91 Å². The summed E-state index contributed by atoms with van der Waals surface area (Å²) in [6.07, 6.45) is 0.625. The number of aromatic nitrogens is 1. The zero-order valence-electron chi connectivity index (χ0n) is 10.8. The van der Waals surface area contributed by atoms with Gasteiger partial charge >= 0.3 is 5.97 Å². The second-order valence-electron chi connectivity index (χ2n) is 3.88. The van der Waals surface area contributed by atoms with Gasteiger partial charge in [-0.05, 0) is 18.6 Å². The topological polar surface area (TPSA) is 108 Å². The molecule has 1 aromatic rings. The summed E-state index contributed by atoms with van der Waals surface area (Å²) in [6, 6.07) is 2.97. The minimum Gasteiger partial charge on any atom is -0.480 e. The number of pyridine rings is 1. The summed E-state index contributed by atoms with van der Waals surface area (Å²) in [7, 11) is 0. The summed E-state index contributed by atoms with van der Waals surface area (Å²) in [4.78, 5) is 37.3. The van der Waals surface area contributed by atoms with E-state index in [2.05, 4.69) is 15.6 Å². The Bertz CT molecular complexity index is 533. The first kappa shape index (κ1) is 15.9. The molecule has 0 spiro atoms. The maximum Gasteiger partial charge on any atom is 0.322 e. The molecule has 0 radical (unpaired) electrons. The average Bonchev–Trinajstić information content (AvgIpc) is 2.41. The minimum atomic E-state index is -1.15. The molecule has 0 saturated carbocycles. The van der Waals surface area contributed by atoms with Gasteiger partial charge in [-0.1, -0.05) is 18.5 Å². The van der Waals surface area contributed by atoms with Crippen molar-refractivity contribution in [3.63, 3.8) is 0 Å². The van der Waals surface area contributed by atoms with E-state index in [1.807, 2.05) is 6.92 Å². The van der Waals surface area contributed by atoms with Gasteiger partial charge in [0.1, 0.15) is 11.7 Å². The number of hydrogen-bond acceptors (Lipinski definition) is 4. The second kappa shape index (κ2) is 7.44. The highest BCUT2D eigenvalue weighted by molar-refractivity contribution is 6.29. The van der Waals surface area contributed by atoms with Gasteiger partial charge in [-0.3, -0.25) is 14.4 Å². The van der Waals surface area contributed by atoms with Crippen LogP contribution in [-0.4, -0.2) is 41.0 Å². The largest absolute Gasteiger partial charge is 0.480 e. The third-order valence-electron chi connectivity index (χ3n) is 2.32. The Hall–Kier alpha value is -2.15. The third-order valence-corrected chi connectivity index (χ3v) is 2.51. The minimum absolute atomic E-state index is 0.199. The van der Waals surface area contributed by atoms with Gasteiger partial charge in [-0.25, -0.2) is 4.98 Å². The quantitative estimate of drug-likeness (QED) is 0.652. The molecular weight excluding hydrogens is 286 g/mol. The van der Waals surface area contributed by atoms with Crippen LogP contribution in [0, 0.1) is 0 Å². The predicted octanol–water partition coefficient (Wildman–Crippen LogP) is 0.228. The first-order valence-corrected chi connectivity index (χ1v) is 6.23. The standard InChI is InChI=1S/C12H14ClN3O4/c1-2-8-3-7(4-9(13)16-8)12(20)15-5-10(17)14-6-11(18)19/h3-4H,2,5-6H2,1H3,(H,14,17)(H,15,20)(H,18,19). The average molecular weight is 300 g/mol. The van der Waals surface area contributed by atoms with Crippen LogP contribution < -0.4 is 10.6 Å². The van der Waals surface area contributed by atoms with Crippen LogP contribution in [0.2, 0.25) is 5.15 Å². The van der Waals surface area contributed by atoms with E-state index in [9.17, 15) is 14.4 Å². The Balaban J connectivity index is 2.56. The second-order valence-corrected chi connectivity index (χ2v) is 4.26. The molecule has 0 aromatic carbocycles. The number of nitrogens with zero attached hydrogens (tertiary/aromatic N) is 1. The zero-order chi connectivity index (χ0) is 15.1. The van der Waals surface area contributed by atoms with Crippen molar-refractivity contribution < 1.29 is 19.5 Å². The number of halogens is 1. The molecule has 7 nitrogen and oxygen atoms in total. The van der Waals surface area contributed by atoms with Crippen molar-refractivity contribution >= 4 is 29.4 Å². The molecule has 0 bridgehead atoms. The maximum atomic E-state index is 11.8. The molecular formula is C12H14ClN3O4.